The quantitative estimate of drug-likeness (QED) is 0.568. The van der Waals surface area contributed by atoms with Crippen LogP contribution < -0.4 is 5.32 Å². The molecule has 136 valence electrons. The third kappa shape index (κ3) is 3.48. The van der Waals surface area contributed by atoms with Crippen molar-refractivity contribution in [2.75, 3.05) is 5.32 Å². The van der Waals surface area contributed by atoms with Crippen molar-refractivity contribution in [3.8, 4) is 11.1 Å². The Kier molecular flexibility index (Phi) is 4.72. The first-order valence-corrected chi connectivity index (χ1v) is 9.93. The lowest BCUT2D eigenvalue weighted by molar-refractivity contribution is 0.0699. The molecule has 0 saturated heterocycles. The number of nitrogens with one attached hydrogen (secondary N) is 1. The first kappa shape index (κ1) is 17.8. The predicted octanol–water partition coefficient (Wildman–Crippen LogP) is 5.42. The number of carbonyl (C=O) groups excluding carboxylic acids is 1. The van der Waals surface area contributed by atoms with Crippen LogP contribution in [0.4, 0.5) is 9.80 Å². The first-order valence-electron chi connectivity index (χ1n) is 8.26. The lowest BCUT2D eigenvalue weighted by Crippen LogP contribution is -2.30. The molecule has 3 aromatic rings. The average Bonchev–Trinajstić information content (AvgIpc) is 3.26. The number of anilines is 1. The van der Waals surface area contributed by atoms with E-state index < -0.39 is 5.97 Å². The molecule has 2 heterocycles. The Balaban J connectivity index is 1.58. The molecule has 2 N–H and O–H groups in total. The van der Waals surface area contributed by atoms with Crippen LogP contribution in [0.1, 0.15) is 21.5 Å². The minimum atomic E-state index is -1.06. The number of aromatic carboxylic acids is 1. The second-order valence-corrected chi connectivity index (χ2v) is 8.02. The number of hydrogen-bond donors (Lipinski definition) is 2. The largest absolute Gasteiger partial charge is 0.478 e. The molecule has 5 nitrogen and oxygen atoms in total. The Labute approximate surface area is 168 Å². The van der Waals surface area contributed by atoms with Gasteiger partial charge in [-0.15, -0.1) is 11.3 Å². The number of nitrogens with zero attached hydrogens (tertiary/aromatic N) is 1. The summed E-state index contributed by atoms with van der Waals surface area (Å²) < 4.78 is 0.917. The average molecular weight is 443 g/mol. The molecule has 4 rings (SSSR count). The summed E-state index contributed by atoms with van der Waals surface area (Å²) in [4.78, 5) is 26.2. The van der Waals surface area contributed by atoms with Crippen LogP contribution in [-0.2, 0) is 13.1 Å². The zero-order valence-electron chi connectivity index (χ0n) is 14.1. The van der Waals surface area contributed by atoms with E-state index >= 15 is 0 Å². The summed E-state index contributed by atoms with van der Waals surface area (Å²) in [5, 5.41) is 14.6. The fourth-order valence-electron chi connectivity index (χ4n) is 3.16. The Morgan fingerprint density at radius 3 is 2.26 bits per heavy atom. The Morgan fingerprint density at radius 1 is 1.04 bits per heavy atom. The Hall–Kier alpha value is -2.64. The molecule has 0 atom stereocenters. The number of carbonyl (C=O) groups is 2. The number of carboxylic acids is 1. The monoisotopic (exact) mass is 442 g/mol. The van der Waals surface area contributed by atoms with Crippen LogP contribution in [0.5, 0.6) is 0 Å². The summed E-state index contributed by atoms with van der Waals surface area (Å²) in [7, 11) is 0. The topological polar surface area (TPSA) is 69.6 Å². The smallest absolute Gasteiger partial charge is 0.339 e. The van der Waals surface area contributed by atoms with E-state index in [1.54, 1.807) is 10.3 Å². The summed E-state index contributed by atoms with van der Waals surface area (Å²) in [5.74, 6) is -1.06. The molecule has 1 aliphatic heterocycles. The SMILES string of the molecule is O=C(O)c1c(-c2ccc(Br)cc2)csc1NC(=O)N1Cc2ccccc2C1. The van der Waals surface area contributed by atoms with Crippen LogP contribution in [0, 0.1) is 0 Å². The van der Waals surface area contributed by atoms with Gasteiger partial charge in [0, 0.05) is 28.5 Å². The fourth-order valence-corrected chi connectivity index (χ4v) is 4.37. The molecule has 0 unspecified atom stereocenters. The molecule has 0 aliphatic carbocycles. The van der Waals surface area contributed by atoms with Gasteiger partial charge in [0.25, 0.3) is 0 Å². The molecule has 1 aromatic heterocycles. The molecule has 7 heteroatoms. The summed E-state index contributed by atoms with van der Waals surface area (Å²) in [6, 6.07) is 15.0. The Morgan fingerprint density at radius 2 is 1.67 bits per heavy atom. The third-order valence-electron chi connectivity index (χ3n) is 4.51. The summed E-state index contributed by atoms with van der Waals surface area (Å²) in [6.07, 6.45) is 0. The van der Waals surface area contributed by atoms with E-state index in [1.165, 1.54) is 11.3 Å². The maximum Gasteiger partial charge on any atom is 0.339 e. The third-order valence-corrected chi connectivity index (χ3v) is 5.93. The van der Waals surface area contributed by atoms with Gasteiger partial charge in [-0.2, -0.15) is 0 Å². The van der Waals surface area contributed by atoms with E-state index in [0.29, 0.717) is 23.7 Å². The number of thiophene rings is 1. The number of amides is 2. The molecule has 0 fully saturated rings. The minimum Gasteiger partial charge on any atom is -0.478 e. The number of halogens is 1. The van der Waals surface area contributed by atoms with Gasteiger partial charge in [-0.05, 0) is 28.8 Å². The van der Waals surface area contributed by atoms with Gasteiger partial charge in [0.15, 0.2) is 0 Å². The van der Waals surface area contributed by atoms with Crippen molar-refractivity contribution in [3.63, 3.8) is 0 Å². The van der Waals surface area contributed by atoms with E-state index in [-0.39, 0.29) is 11.6 Å². The number of urea groups is 1. The maximum atomic E-state index is 12.7. The van der Waals surface area contributed by atoms with E-state index in [9.17, 15) is 14.7 Å². The second kappa shape index (κ2) is 7.17. The minimum absolute atomic E-state index is 0.118. The van der Waals surface area contributed by atoms with Gasteiger partial charge in [-0.25, -0.2) is 9.59 Å². The van der Waals surface area contributed by atoms with Gasteiger partial charge in [0.2, 0.25) is 0 Å². The van der Waals surface area contributed by atoms with Crippen LogP contribution in [0.25, 0.3) is 11.1 Å². The van der Waals surface area contributed by atoms with Gasteiger partial charge in [-0.3, -0.25) is 5.32 Å². The first-order chi connectivity index (χ1) is 13.0. The molecule has 27 heavy (non-hydrogen) atoms. The van der Waals surface area contributed by atoms with Crippen LogP contribution in [0.2, 0.25) is 0 Å². The van der Waals surface area contributed by atoms with E-state index in [0.717, 1.165) is 21.2 Å². The number of rotatable bonds is 3. The van der Waals surface area contributed by atoms with Crippen molar-refractivity contribution in [2.45, 2.75) is 13.1 Å². The van der Waals surface area contributed by atoms with Crippen molar-refractivity contribution >= 4 is 44.3 Å². The predicted molar refractivity (Wildman–Crippen MR) is 109 cm³/mol. The zero-order valence-corrected chi connectivity index (χ0v) is 16.5. The van der Waals surface area contributed by atoms with Crippen molar-refractivity contribution in [2.24, 2.45) is 0 Å². The van der Waals surface area contributed by atoms with Crippen LogP contribution in [-0.4, -0.2) is 22.0 Å². The number of benzene rings is 2. The summed E-state index contributed by atoms with van der Waals surface area (Å²) in [5.41, 5.74) is 3.74. The highest BCUT2D eigenvalue weighted by Gasteiger charge is 2.26. The van der Waals surface area contributed by atoms with E-state index in [4.69, 9.17) is 0 Å². The normalized spacial score (nSPS) is 12.7. The van der Waals surface area contributed by atoms with Crippen LogP contribution >= 0.6 is 27.3 Å². The molecule has 0 radical (unpaired) electrons. The highest BCUT2D eigenvalue weighted by Crippen LogP contribution is 2.36. The van der Waals surface area contributed by atoms with Crippen LogP contribution in [0.15, 0.2) is 58.4 Å². The van der Waals surface area contributed by atoms with Crippen molar-refractivity contribution in [3.05, 3.63) is 75.1 Å². The molecule has 0 spiro atoms. The number of hydrogen-bond acceptors (Lipinski definition) is 3. The highest BCUT2D eigenvalue weighted by molar-refractivity contribution is 9.10. The lowest BCUT2D eigenvalue weighted by atomic mass is 10.0. The van der Waals surface area contributed by atoms with E-state index in [2.05, 4.69) is 21.2 Å². The molecule has 2 aromatic carbocycles. The van der Waals surface area contributed by atoms with Crippen molar-refractivity contribution < 1.29 is 14.7 Å². The highest BCUT2D eigenvalue weighted by atomic mass is 79.9. The molecular formula is C20H15BrN2O3S. The standard InChI is InChI=1S/C20H15BrN2O3S/c21-15-7-5-12(6-8-15)16-11-27-18(17(16)19(24)25)22-20(26)23-9-13-3-1-2-4-14(13)10-23/h1-8,11H,9-10H2,(H,22,26)(H,24,25). The van der Waals surface area contributed by atoms with Gasteiger partial charge in [-0.1, -0.05) is 52.3 Å². The van der Waals surface area contributed by atoms with Gasteiger partial charge in [0.1, 0.15) is 10.6 Å². The molecule has 1 aliphatic rings. The lowest BCUT2D eigenvalue weighted by Gasteiger charge is -2.16. The van der Waals surface area contributed by atoms with Gasteiger partial charge in [0.05, 0.1) is 0 Å². The van der Waals surface area contributed by atoms with Gasteiger partial charge >= 0.3 is 12.0 Å². The molecule has 0 bridgehead atoms. The van der Waals surface area contributed by atoms with Gasteiger partial charge < -0.3 is 10.0 Å². The van der Waals surface area contributed by atoms with Crippen molar-refractivity contribution in [1.29, 1.82) is 0 Å². The van der Waals surface area contributed by atoms with Crippen molar-refractivity contribution in [1.82, 2.24) is 4.90 Å². The number of carboxylic acid groups (broad SMARTS) is 1. The summed E-state index contributed by atoms with van der Waals surface area (Å²) in [6.45, 7) is 1.05. The van der Waals surface area contributed by atoms with E-state index in [1.807, 2.05) is 48.5 Å². The maximum absolute atomic E-state index is 12.7. The molecular weight excluding hydrogens is 428 g/mol. The number of fused-ring (bicyclic) bond motifs is 1. The van der Waals surface area contributed by atoms with Crippen LogP contribution in [0.3, 0.4) is 0 Å². The Bertz CT molecular complexity index is 1000. The zero-order chi connectivity index (χ0) is 19.0. The fraction of sp³-hybridized carbons (Fsp3) is 0.100. The summed E-state index contributed by atoms with van der Waals surface area (Å²) >= 11 is 4.60. The molecule has 2 amide bonds. The molecule has 0 saturated carbocycles. The second-order valence-electron chi connectivity index (χ2n) is 6.22.